The van der Waals surface area contributed by atoms with E-state index in [1.807, 2.05) is 0 Å². The number of rotatable bonds is 6. The molecule has 2 unspecified atom stereocenters. The van der Waals surface area contributed by atoms with E-state index in [2.05, 4.69) is 37.9 Å². The number of likely N-dealkylation sites (tertiary alicyclic amines) is 1. The van der Waals surface area contributed by atoms with E-state index in [1.165, 1.54) is 45.4 Å². The Kier molecular flexibility index (Phi) is 6.37. The molecule has 1 saturated heterocycles. The van der Waals surface area contributed by atoms with Crippen LogP contribution in [0.2, 0.25) is 0 Å². The average Bonchev–Trinajstić information content (AvgIpc) is 2.26. The third kappa shape index (κ3) is 5.31. The van der Waals surface area contributed by atoms with E-state index in [0.29, 0.717) is 6.04 Å². The molecule has 1 heterocycles. The number of hydrogen-bond donors (Lipinski definition) is 1. The summed E-state index contributed by atoms with van der Waals surface area (Å²) in [5.41, 5.74) is 0. The summed E-state index contributed by atoms with van der Waals surface area (Å²) >= 11 is 0. The zero-order chi connectivity index (χ0) is 12.0. The highest BCUT2D eigenvalue weighted by molar-refractivity contribution is 4.76. The quantitative estimate of drug-likeness (QED) is 0.749. The normalized spacial score (nSPS) is 24.9. The minimum atomic E-state index is 0.630. The van der Waals surface area contributed by atoms with Gasteiger partial charge in [0.05, 0.1) is 0 Å². The van der Waals surface area contributed by atoms with Crippen LogP contribution in [0, 0.1) is 11.8 Å². The first-order valence-corrected chi connectivity index (χ1v) is 7.07. The summed E-state index contributed by atoms with van der Waals surface area (Å²) in [6.45, 7) is 14.3. The van der Waals surface area contributed by atoms with Gasteiger partial charge in [-0.15, -0.1) is 0 Å². The monoisotopic (exact) mass is 226 g/mol. The standard InChI is InChI=1S/C14H30N2/c1-5-13(4)10-16-8-6-7-14(11-16)9-15-12(2)3/h12-15H,5-11H2,1-4H3. The molecule has 0 saturated carbocycles. The Balaban J connectivity index is 2.24. The van der Waals surface area contributed by atoms with Gasteiger partial charge in [0.25, 0.3) is 0 Å². The second kappa shape index (κ2) is 7.29. The molecule has 0 aromatic rings. The second-order valence-corrected chi connectivity index (χ2v) is 5.84. The van der Waals surface area contributed by atoms with Crippen molar-refractivity contribution >= 4 is 0 Å². The fourth-order valence-electron chi connectivity index (χ4n) is 2.46. The lowest BCUT2D eigenvalue weighted by molar-refractivity contribution is 0.151. The van der Waals surface area contributed by atoms with Crippen LogP contribution in [-0.4, -0.2) is 37.1 Å². The zero-order valence-corrected chi connectivity index (χ0v) is 11.6. The number of hydrogen-bond acceptors (Lipinski definition) is 2. The Morgan fingerprint density at radius 2 is 2.06 bits per heavy atom. The maximum atomic E-state index is 3.58. The summed E-state index contributed by atoms with van der Waals surface area (Å²) in [5.74, 6) is 1.73. The van der Waals surface area contributed by atoms with Crippen molar-refractivity contribution in [3.8, 4) is 0 Å². The third-order valence-corrected chi connectivity index (χ3v) is 3.68. The zero-order valence-electron chi connectivity index (χ0n) is 11.6. The van der Waals surface area contributed by atoms with Gasteiger partial charge in [0.1, 0.15) is 0 Å². The molecule has 2 nitrogen and oxygen atoms in total. The molecule has 0 radical (unpaired) electrons. The molecule has 1 aliphatic rings. The van der Waals surface area contributed by atoms with Crippen molar-refractivity contribution in [3.05, 3.63) is 0 Å². The smallest absolute Gasteiger partial charge is 0.00219 e. The number of nitrogens with zero attached hydrogens (tertiary/aromatic N) is 1. The second-order valence-electron chi connectivity index (χ2n) is 5.84. The largest absolute Gasteiger partial charge is 0.314 e. The van der Waals surface area contributed by atoms with Gasteiger partial charge in [-0.3, -0.25) is 0 Å². The van der Waals surface area contributed by atoms with Crippen molar-refractivity contribution in [1.29, 1.82) is 0 Å². The van der Waals surface area contributed by atoms with E-state index in [1.54, 1.807) is 0 Å². The van der Waals surface area contributed by atoms with Gasteiger partial charge in [-0.05, 0) is 37.8 Å². The predicted octanol–water partition coefficient (Wildman–Crippen LogP) is 2.74. The molecule has 1 rings (SSSR count). The molecule has 1 aliphatic heterocycles. The van der Waals surface area contributed by atoms with Gasteiger partial charge in [-0.25, -0.2) is 0 Å². The maximum absolute atomic E-state index is 3.58. The van der Waals surface area contributed by atoms with E-state index in [-0.39, 0.29) is 0 Å². The molecule has 1 N–H and O–H groups in total. The topological polar surface area (TPSA) is 15.3 Å². The van der Waals surface area contributed by atoms with Gasteiger partial charge in [0.15, 0.2) is 0 Å². The molecular weight excluding hydrogens is 196 g/mol. The van der Waals surface area contributed by atoms with Gasteiger partial charge < -0.3 is 10.2 Å². The van der Waals surface area contributed by atoms with E-state index in [9.17, 15) is 0 Å². The minimum absolute atomic E-state index is 0.630. The fraction of sp³-hybridized carbons (Fsp3) is 1.00. The highest BCUT2D eigenvalue weighted by Crippen LogP contribution is 2.17. The highest BCUT2D eigenvalue weighted by atomic mass is 15.1. The Morgan fingerprint density at radius 3 is 2.69 bits per heavy atom. The van der Waals surface area contributed by atoms with Gasteiger partial charge >= 0.3 is 0 Å². The summed E-state index contributed by atoms with van der Waals surface area (Å²) in [6.07, 6.45) is 4.11. The van der Waals surface area contributed by atoms with Crippen LogP contribution < -0.4 is 5.32 Å². The van der Waals surface area contributed by atoms with Crippen molar-refractivity contribution in [2.75, 3.05) is 26.2 Å². The molecule has 0 aromatic heterocycles. The van der Waals surface area contributed by atoms with Gasteiger partial charge in [-0.2, -0.15) is 0 Å². The molecule has 0 bridgehead atoms. The van der Waals surface area contributed by atoms with Crippen LogP contribution in [-0.2, 0) is 0 Å². The van der Waals surface area contributed by atoms with Gasteiger partial charge in [0, 0.05) is 19.1 Å². The van der Waals surface area contributed by atoms with E-state index >= 15 is 0 Å². The third-order valence-electron chi connectivity index (χ3n) is 3.68. The lowest BCUT2D eigenvalue weighted by Gasteiger charge is -2.34. The summed E-state index contributed by atoms with van der Waals surface area (Å²) in [4.78, 5) is 2.67. The van der Waals surface area contributed by atoms with Crippen LogP contribution in [0.1, 0.15) is 47.0 Å². The Labute approximate surface area is 102 Å². The SMILES string of the molecule is CCC(C)CN1CCCC(CNC(C)C)C1. The Bertz CT molecular complexity index is 180. The lowest BCUT2D eigenvalue weighted by atomic mass is 9.96. The molecule has 1 fully saturated rings. The van der Waals surface area contributed by atoms with Crippen LogP contribution in [0.3, 0.4) is 0 Å². The Morgan fingerprint density at radius 1 is 1.31 bits per heavy atom. The first-order chi connectivity index (χ1) is 7.61. The first-order valence-electron chi connectivity index (χ1n) is 7.07. The first kappa shape index (κ1) is 14.0. The minimum Gasteiger partial charge on any atom is -0.314 e. The number of nitrogens with one attached hydrogen (secondary N) is 1. The predicted molar refractivity (Wildman–Crippen MR) is 71.8 cm³/mol. The van der Waals surface area contributed by atoms with Crippen LogP contribution in [0.25, 0.3) is 0 Å². The fourth-order valence-corrected chi connectivity index (χ4v) is 2.46. The van der Waals surface area contributed by atoms with E-state index in [0.717, 1.165) is 11.8 Å². The van der Waals surface area contributed by atoms with Crippen LogP contribution in [0.15, 0.2) is 0 Å². The summed E-state index contributed by atoms with van der Waals surface area (Å²) in [6, 6.07) is 0.630. The molecule has 0 amide bonds. The summed E-state index contributed by atoms with van der Waals surface area (Å²) < 4.78 is 0. The molecule has 0 spiro atoms. The molecule has 2 atom stereocenters. The molecule has 0 aromatic carbocycles. The van der Waals surface area contributed by atoms with Crippen molar-refractivity contribution in [2.45, 2.75) is 53.0 Å². The highest BCUT2D eigenvalue weighted by Gasteiger charge is 2.20. The van der Waals surface area contributed by atoms with Crippen molar-refractivity contribution in [1.82, 2.24) is 10.2 Å². The summed E-state index contributed by atoms with van der Waals surface area (Å²) in [5, 5.41) is 3.58. The van der Waals surface area contributed by atoms with Crippen LogP contribution in [0.5, 0.6) is 0 Å². The van der Waals surface area contributed by atoms with Crippen molar-refractivity contribution < 1.29 is 0 Å². The molecule has 96 valence electrons. The lowest BCUT2D eigenvalue weighted by Crippen LogP contribution is -2.42. The Hall–Kier alpha value is -0.0800. The van der Waals surface area contributed by atoms with Crippen LogP contribution in [0.4, 0.5) is 0 Å². The van der Waals surface area contributed by atoms with Gasteiger partial charge in [0.2, 0.25) is 0 Å². The number of piperidine rings is 1. The molecule has 0 aliphatic carbocycles. The van der Waals surface area contributed by atoms with Gasteiger partial charge in [-0.1, -0.05) is 34.1 Å². The molecule has 16 heavy (non-hydrogen) atoms. The average molecular weight is 226 g/mol. The summed E-state index contributed by atoms with van der Waals surface area (Å²) in [7, 11) is 0. The van der Waals surface area contributed by atoms with Crippen molar-refractivity contribution in [3.63, 3.8) is 0 Å². The molecule has 2 heteroatoms. The van der Waals surface area contributed by atoms with E-state index < -0.39 is 0 Å². The van der Waals surface area contributed by atoms with Crippen LogP contribution >= 0.6 is 0 Å². The maximum Gasteiger partial charge on any atom is 0.00219 e. The van der Waals surface area contributed by atoms with Crippen molar-refractivity contribution in [2.24, 2.45) is 11.8 Å². The van der Waals surface area contributed by atoms with E-state index in [4.69, 9.17) is 0 Å². The molecular formula is C14H30N2.